The molecule has 0 unspecified atom stereocenters. The maximum absolute atomic E-state index is 13.1. The number of nitrogens with one attached hydrogen (secondary N) is 3. The molecule has 2 aromatic carbocycles. The number of carbonyl (C=O) groups is 1. The van der Waals surface area contributed by atoms with E-state index in [0.29, 0.717) is 12.6 Å². The van der Waals surface area contributed by atoms with Crippen molar-refractivity contribution in [2.45, 2.75) is 57.8 Å². The Morgan fingerprint density at radius 1 is 1.11 bits per heavy atom. The van der Waals surface area contributed by atoms with Crippen LogP contribution in [-0.2, 0) is 13.1 Å². The summed E-state index contributed by atoms with van der Waals surface area (Å²) in [6.45, 7) is 3.47. The maximum Gasteiger partial charge on any atom is 0.322 e. The van der Waals surface area contributed by atoms with Gasteiger partial charge in [-0.3, -0.25) is 10.1 Å². The van der Waals surface area contributed by atoms with Crippen molar-refractivity contribution in [2.24, 2.45) is 0 Å². The zero-order valence-electron chi connectivity index (χ0n) is 19.9. The van der Waals surface area contributed by atoms with Gasteiger partial charge in [0.2, 0.25) is 0 Å². The minimum Gasteiger partial charge on any atom is -0.317 e. The van der Waals surface area contributed by atoms with Gasteiger partial charge in [-0.25, -0.2) is 4.79 Å². The molecular weight excluding hydrogens is 436 g/mol. The van der Waals surface area contributed by atoms with Crippen LogP contribution >= 0.6 is 0 Å². The van der Waals surface area contributed by atoms with Crippen LogP contribution in [0.25, 0.3) is 22.2 Å². The number of aromatic nitrogens is 3. The molecule has 7 heteroatoms. The largest absolute Gasteiger partial charge is 0.322 e. The van der Waals surface area contributed by atoms with Crippen LogP contribution in [0.2, 0.25) is 0 Å². The number of aromatic amines is 1. The summed E-state index contributed by atoms with van der Waals surface area (Å²) in [5.74, 6) is 0. The highest BCUT2D eigenvalue weighted by Crippen LogP contribution is 2.35. The molecule has 2 amide bonds. The molecule has 0 saturated heterocycles. The second-order valence-corrected chi connectivity index (χ2v) is 9.75. The Bertz CT molecular complexity index is 1360. The number of fused-ring (bicyclic) bond motifs is 2. The highest BCUT2D eigenvalue weighted by molar-refractivity contribution is 6.00. The molecule has 2 atom stereocenters. The molecule has 3 heterocycles. The normalized spacial score (nSPS) is 20.0. The zero-order chi connectivity index (χ0) is 23.8. The number of aryl methyl sites for hydroxylation is 1. The Hall–Kier alpha value is -3.71. The Balaban J connectivity index is 1.21. The van der Waals surface area contributed by atoms with Gasteiger partial charge >= 0.3 is 6.03 Å². The molecule has 35 heavy (non-hydrogen) atoms. The van der Waals surface area contributed by atoms with E-state index in [9.17, 15) is 4.79 Å². The highest BCUT2D eigenvalue weighted by Gasteiger charge is 2.33. The van der Waals surface area contributed by atoms with Crippen molar-refractivity contribution in [1.82, 2.24) is 25.4 Å². The van der Waals surface area contributed by atoms with Gasteiger partial charge in [0.25, 0.3) is 0 Å². The number of hydrogen-bond acceptors (Lipinski definition) is 4. The second-order valence-electron chi connectivity index (χ2n) is 9.75. The number of nitrogens with zero attached hydrogens (tertiary/aromatic N) is 3. The molecule has 2 aliphatic rings. The first-order valence-electron chi connectivity index (χ1n) is 12.4. The average molecular weight is 467 g/mol. The van der Waals surface area contributed by atoms with Gasteiger partial charge in [-0.1, -0.05) is 30.3 Å². The molecule has 178 valence electrons. The van der Waals surface area contributed by atoms with Crippen LogP contribution in [0.15, 0.2) is 60.8 Å². The minimum absolute atomic E-state index is 0.00458. The van der Waals surface area contributed by atoms with Gasteiger partial charge in [0.1, 0.15) is 5.69 Å². The van der Waals surface area contributed by atoms with Gasteiger partial charge < -0.3 is 15.5 Å². The monoisotopic (exact) mass is 466 g/mol. The summed E-state index contributed by atoms with van der Waals surface area (Å²) in [5, 5.41) is 15.6. The molecule has 3 N–H and O–H groups in total. The van der Waals surface area contributed by atoms with Crippen LogP contribution in [0.1, 0.15) is 42.5 Å². The van der Waals surface area contributed by atoms with Gasteiger partial charge in [-0.05, 0) is 68.0 Å². The van der Waals surface area contributed by atoms with Gasteiger partial charge in [0, 0.05) is 53.7 Å². The van der Waals surface area contributed by atoms with Crippen LogP contribution in [0, 0.1) is 6.92 Å². The molecule has 0 radical (unpaired) electrons. The van der Waals surface area contributed by atoms with E-state index in [1.54, 1.807) is 0 Å². The number of amides is 2. The molecule has 7 nitrogen and oxygen atoms in total. The first-order chi connectivity index (χ1) is 17.1. The quantitative estimate of drug-likeness (QED) is 0.369. The summed E-state index contributed by atoms with van der Waals surface area (Å²) in [6.07, 6.45) is 6.11. The third-order valence-corrected chi connectivity index (χ3v) is 7.32. The zero-order valence-corrected chi connectivity index (χ0v) is 19.9. The number of benzene rings is 2. The van der Waals surface area contributed by atoms with E-state index in [0.717, 1.165) is 71.3 Å². The number of rotatable bonds is 5. The lowest BCUT2D eigenvalue weighted by atomic mass is 9.89. The van der Waals surface area contributed by atoms with E-state index in [2.05, 4.69) is 56.1 Å². The van der Waals surface area contributed by atoms with E-state index in [1.165, 1.54) is 5.56 Å². The Morgan fingerprint density at radius 2 is 2.00 bits per heavy atom. The lowest BCUT2D eigenvalue weighted by Crippen LogP contribution is -2.49. The molecule has 1 saturated carbocycles. The molecule has 6 rings (SSSR count). The fourth-order valence-corrected chi connectivity index (χ4v) is 5.50. The van der Waals surface area contributed by atoms with Crippen molar-refractivity contribution in [3.05, 3.63) is 77.6 Å². The van der Waals surface area contributed by atoms with E-state index in [1.807, 2.05) is 42.3 Å². The predicted octanol–water partition coefficient (Wildman–Crippen LogP) is 5.38. The molecule has 4 aromatic rings. The van der Waals surface area contributed by atoms with Crippen molar-refractivity contribution in [3.8, 4) is 11.3 Å². The van der Waals surface area contributed by atoms with E-state index in [4.69, 9.17) is 0 Å². The number of anilines is 1. The van der Waals surface area contributed by atoms with Crippen LogP contribution in [0.5, 0.6) is 0 Å². The summed E-state index contributed by atoms with van der Waals surface area (Å²) >= 11 is 0. The van der Waals surface area contributed by atoms with Crippen molar-refractivity contribution in [1.29, 1.82) is 0 Å². The lowest BCUT2D eigenvalue weighted by molar-refractivity contribution is 0.148. The fraction of sp³-hybridized carbons (Fsp3) is 0.321. The maximum atomic E-state index is 13.1. The topological polar surface area (TPSA) is 85.9 Å². The standard InChI is InChI=1S/C28H30N6O/c1-18-12-20(10-11-29-18)27-24-13-21-17-34(28(35)31-25(21)15-26(24)32-33-27)23-9-5-8-22(14-23)30-16-19-6-3-2-4-7-19/h2-4,6-7,10-13,15,22-23,30H,5,8-9,14,16-17H2,1H3,(H,31,35)(H,32,33)/t22-,23+/m1/s1. The van der Waals surface area contributed by atoms with Gasteiger partial charge in [0.05, 0.1) is 5.52 Å². The van der Waals surface area contributed by atoms with Crippen LogP contribution < -0.4 is 10.6 Å². The van der Waals surface area contributed by atoms with Crippen molar-refractivity contribution in [2.75, 3.05) is 5.32 Å². The first kappa shape index (κ1) is 21.8. The molecule has 1 aliphatic heterocycles. The molecule has 0 bridgehead atoms. The van der Waals surface area contributed by atoms with E-state index >= 15 is 0 Å². The fourth-order valence-electron chi connectivity index (χ4n) is 5.50. The average Bonchev–Trinajstić information content (AvgIpc) is 3.29. The lowest BCUT2D eigenvalue weighted by Gasteiger charge is -2.40. The third kappa shape index (κ3) is 4.39. The Morgan fingerprint density at radius 3 is 2.86 bits per heavy atom. The summed E-state index contributed by atoms with van der Waals surface area (Å²) in [5.41, 5.74) is 7.13. The van der Waals surface area contributed by atoms with E-state index in [-0.39, 0.29) is 12.1 Å². The second kappa shape index (κ2) is 9.15. The van der Waals surface area contributed by atoms with Gasteiger partial charge in [0.15, 0.2) is 0 Å². The molecular formula is C28H30N6O. The highest BCUT2D eigenvalue weighted by atomic mass is 16.2. The SMILES string of the molecule is Cc1cc(-c2n[nH]c3cc4c(cc23)CN([C@H]2CCC[C@@H](NCc3ccccc3)C2)C(=O)N4)ccn1. The van der Waals surface area contributed by atoms with E-state index < -0.39 is 0 Å². The van der Waals surface area contributed by atoms with Crippen molar-refractivity contribution >= 4 is 22.6 Å². The number of H-pyrrole nitrogens is 1. The molecule has 1 aliphatic carbocycles. The number of hydrogen-bond donors (Lipinski definition) is 3. The van der Waals surface area contributed by atoms with Crippen LogP contribution in [0.3, 0.4) is 0 Å². The van der Waals surface area contributed by atoms with Crippen molar-refractivity contribution in [3.63, 3.8) is 0 Å². The Labute approximate surface area is 205 Å². The van der Waals surface area contributed by atoms with Gasteiger partial charge in [-0.15, -0.1) is 0 Å². The molecule has 1 fully saturated rings. The minimum atomic E-state index is -0.00458. The number of urea groups is 1. The smallest absolute Gasteiger partial charge is 0.317 e. The number of pyridine rings is 1. The van der Waals surface area contributed by atoms with Gasteiger partial charge in [-0.2, -0.15) is 5.10 Å². The summed E-state index contributed by atoms with van der Waals surface area (Å²) in [6, 6.07) is 19.4. The molecule has 0 spiro atoms. The van der Waals surface area contributed by atoms with Crippen LogP contribution in [0.4, 0.5) is 10.5 Å². The summed E-state index contributed by atoms with van der Waals surface area (Å²) < 4.78 is 0. The van der Waals surface area contributed by atoms with Crippen molar-refractivity contribution < 1.29 is 4.79 Å². The Kier molecular flexibility index (Phi) is 5.70. The first-order valence-corrected chi connectivity index (χ1v) is 12.4. The summed E-state index contributed by atoms with van der Waals surface area (Å²) in [7, 11) is 0. The third-order valence-electron chi connectivity index (χ3n) is 7.32. The summed E-state index contributed by atoms with van der Waals surface area (Å²) in [4.78, 5) is 19.4. The predicted molar refractivity (Wildman–Crippen MR) is 138 cm³/mol. The molecule has 2 aromatic heterocycles. The van der Waals surface area contributed by atoms with Crippen LogP contribution in [-0.4, -0.2) is 38.2 Å². The number of carbonyl (C=O) groups excluding carboxylic acids is 1.